The number of carboxylic acid groups (broad SMARTS) is 1. The standard InChI is InChI=1S/C10H9O3/c1-7-2-4-8(5-3-7)9(6-11)10(12)13/h2-6,9H,1H2,(H,12,13). The summed E-state index contributed by atoms with van der Waals surface area (Å²) in [5.74, 6) is -2.20. The highest BCUT2D eigenvalue weighted by atomic mass is 16.4. The third-order valence-electron chi connectivity index (χ3n) is 1.74. The van der Waals surface area contributed by atoms with E-state index in [2.05, 4.69) is 6.92 Å². The zero-order valence-corrected chi connectivity index (χ0v) is 6.93. The van der Waals surface area contributed by atoms with Crippen LogP contribution in [0.3, 0.4) is 0 Å². The van der Waals surface area contributed by atoms with Crippen LogP contribution in [0.1, 0.15) is 17.0 Å². The first-order valence-electron chi connectivity index (χ1n) is 3.75. The predicted octanol–water partition coefficient (Wildman–Crippen LogP) is 1.24. The molecule has 1 radical (unpaired) electrons. The summed E-state index contributed by atoms with van der Waals surface area (Å²) in [6.07, 6.45) is 0.417. The van der Waals surface area contributed by atoms with Gasteiger partial charge in [-0.2, -0.15) is 0 Å². The van der Waals surface area contributed by atoms with Crippen molar-refractivity contribution in [3.05, 3.63) is 42.3 Å². The number of carboxylic acids is 1. The van der Waals surface area contributed by atoms with Crippen molar-refractivity contribution in [2.24, 2.45) is 0 Å². The molecule has 0 saturated heterocycles. The van der Waals surface area contributed by atoms with Gasteiger partial charge in [0.1, 0.15) is 12.2 Å². The van der Waals surface area contributed by atoms with Crippen molar-refractivity contribution in [2.45, 2.75) is 5.92 Å². The molecule has 0 fully saturated rings. The smallest absolute Gasteiger partial charge is 0.318 e. The molecular formula is C10H9O3. The van der Waals surface area contributed by atoms with Gasteiger partial charge in [-0.05, 0) is 18.1 Å². The maximum atomic E-state index is 10.6. The molecule has 1 atom stereocenters. The Bertz CT molecular complexity index is 313. The van der Waals surface area contributed by atoms with Crippen LogP contribution in [0, 0.1) is 6.92 Å². The fraction of sp³-hybridized carbons (Fsp3) is 0.100. The minimum absolute atomic E-state index is 0.417. The number of hydrogen-bond acceptors (Lipinski definition) is 2. The van der Waals surface area contributed by atoms with Gasteiger partial charge in [-0.3, -0.25) is 4.79 Å². The molecule has 0 aromatic heterocycles. The molecule has 0 aliphatic rings. The maximum absolute atomic E-state index is 10.6. The van der Waals surface area contributed by atoms with Crippen LogP contribution in [-0.2, 0) is 9.59 Å². The van der Waals surface area contributed by atoms with Gasteiger partial charge in [0.15, 0.2) is 0 Å². The summed E-state index contributed by atoms with van der Waals surface area (Å²) < 4.78 is 0. The maximum Gasteiger partial charge on any atom is 0.318 e. The van der Waals surface area contributed by atoms with Crippen molar-refractivity contribution >= 4 is 12.3 Å². The van der Waals surface area contributed by atoms with Crippen LogP contribution < -0.4 is 0 Å². The van der Waals surface area contributed by atoms with Crippen molar-refractivity contribution in [1.29, 1.82) is 0 Å². The third-order valence-corrected chi connectivity index (χ3v) is 1.74. The topological polar surface area (TPSA) is 54.4 Å². The second kappa shape index (κ2) is 3.85. The van der Waals surface area contributed by atoms with Gasteiger partial charge in [0, 0.05) is 0 Å². The molecular weight excluding hydrogens is 168 g/mol. The summed E-state index contributed by atoms with van der Waals surface area (Å²) in [4.78, 5) is 21.0. The Balaban J connectivity index is 2.99. The first-order chi connectivity index (χ1) is 6.15. The van der Waals surface area contributed by atoms with E-state index in [4.69, 9.17) is 5.11 Å². The Kier molecular flexibility index (Phi) is 2.80. The lowest BCUT2D eigenvalue weighted by atomic mass is 10.00. The molecule has 1 aromatic carbocycles. The molecule has 1 unspecified atom stereocenters. The highest BCUT2D eigenvalue weighted by molar-refractivity contribution is 5.92. The van der Waals surface area contributed by atoms with E-state index in [9.17, 15) is 9.59 Å². The van der Waals surface area contributed by atoms with Gasteiger partial charge in [-0.15, -0.1) is 0 Å². The van der Waals surface area contributed by atoms with Gasteiger partial charge >= 0.3 is 5.97 Å². The van der Waals surface area contributed by atoms with Crippen LogP contribution in [0.25, 0.3) is 0 Å². The molecule has 1 rings (SSSR count). The fourth-order valence-electron chi connectivity index (χ4n) is 1.00. The SMILES string of the molecule is [CH2]c1ccc(C(C=O)C(=O)O)cc1. The molecule has 3 heteroatoms. The number of benzene rings is 1. The molecule has 1 N–H and O–H groups in total. The Labute approximate surface area is 76.0 Å². The number of aldehydes is 1. The molecule has 0 aliphatic carbocycles. The van der Waals surface area contributed by atoms with E-state index in [1.54, 1.807) is 24.3 Å². The van der Waals surface area contributed by atoms with Crippen LogP contribution in [0.4, 0.5) is 0 Å². The lowest BCUT2D eigenvalue weighted by Crippen LogP contribution is -2.12. The monoisotopic (exact) mass is 177 g/mol. The van der Waals surface area contributed by atoms with Crippen LogP contribution in [-0.4, -0.2) is 17.4 Å². The van der Waals surface area contributed by atoms with Gasteiger partial charge in [0.2, 0.25) is 0 Å². The van der Waals surface area contributed by atoms with Crippen LogP contribution >= 0.6 is 0 Å². The molecule has 0 saturated carbocycles. The zero-order valence-electron chi connectivity index (χ0n) is 6.93. The molecule has 0 amide bonds. The van der Waals surface area contributed by atoms with E-state index in [0.717, 1.165) is 5.56 Å². The third kappa shape index (κ3) is 2.15. The van der Waals surface area contributed by atoms with Gasteiger partial charge in [-0.1, -0.05) is 24.3 Å². The van der Waals surface area contributed by atoms with Crippen LogP contribution in [0.2, 0.25) is 0 Å². The summed E-state index contributed by atoms with van der Waals surface area (Å²) in [6, 6.07) is 6.54. The average molecular weight is 177 g/mol. The number of hydrogen-bond donors (Lipinski definition) is 1. The van der Waals surface area contributed by atoms with Crippen molar-refractivity contribution < 1.29 is 14.7 Å². The van der Waals surface area contributed by atoms with E-state index in [1.165, 1.54) is 0 Å². The molecule has 1 aromatic rings. The normalized spacial score (nSPS) is 12.1. The Morgan fingerprint density at radius 2 is 1.92 bits per heavy atom. The van der Waals surface area contributed by atoms with Crippen LogP contribution in [0.5, 0.6) is 0 Å². The summed E-state index contributed by atoms with van der Waals surface area (Å²) in [7, 11) is 0. The number of carbonyl (C=O) groups is 2. The summed E-state index contributed by atoms with van der Waals surface area (Å²) >= 11 is 0. The van der Waals surface area contributed by atoms with Gasteiger partial charge in [0.25, 0.3) is 0 Å². The number of carbonyl (C=O) groups excluding carboxylic acids is 1. The molecule has 0 aliphatic heterocycles. The van der Waals surface area contributed by atoms with Gasteiger partial charge in [-0.25, -0.2) is 0 Å². The quantitative estimate of drug-likeness (QED) is 0.558. The van der Waals surface area contributed by atoms with E-state index in [1.807, 2.05) is 0 Å². The number of aliphatic carboxylic acids is 1. The van der Waals surface area contributed by atoms with E-state index in [0.29, 0.717) is 11.8 Å². The molecule has 0 bridgehead atoms. The molecule has 13 heavy (non-hydrogen) atoms. The summed E-state index contributed by atoms with van der Waals surface area (Å²) in [6.45, 7) is 3.66. The van der Waals surface area contributed by atoms with Crippen molar-refractivity contribution in [3.8, 4) is 0 Å². The predicted molar refractivity (Wildman–Crippen MR) is 47.3 cm³/mol. The van der Waals surface area contributed by atoms with Crippen molar-refractivity contribution in [2.75, 3.05) is 0 Å². The Morgan fingerprint density at radius 3 is 2.31 bits per heavy atom. The van der Waals surface area contributed by atoms with E-state index < -0.39 is 11.9 Å². The molecule has 67 valence electrons. The van der Waals surface area contributed by atoms with E-state index in [-0.39, 0.29) is 0 Å². The lowest BCUT2D eigenvalue weighted by molar-refractivity contribution is -0.140. The van der Waals surface area contributed by atoms with Crippen LogP contribution in [0.15, 0.2) is 24.3 Å². The number of rotatable bonds is 3. The second-order valence-corrected chi connectivity index (χ2v) is 2.69. The Morgan fingerprint density at radius 1 is 1.38 bits per heavy atom. The molecule has 3 nitrogen and oxygen atoms in total. The fourth-order valence-corrected chi connectivity index (χ4v) is 1.00. The zero-order chi connectivity index (χ0) is 9.84. The van der Waals surface area contributed by atoms with Crippen molar-refractivity contribution in [1.82, 2.24) is 0 Å². The van der Waals surface area contributed by atoms with Gasteiger partial charge < -0.3 is 9.90 Å². The van der Waals surface area contributed by atoms with E-state index >= 15 is 0 Å². The first kappa shape index (κ1) is 9.45. The van der Waals surface area contributed by atoms with Gasteiger partial charge in [0.05, 0.1) is 0 Å². The highest BCUT2D eigenvalue weighted by Gasteiger charge is 2.17. The minimum atomic E-state index is -1.13. The average Bonchev–Trinajstić information content (AvgIpc) is 2.09. The lowest BCUT2D eigenvalue weighted by Gasteiger charge is -2.04. The minimum Gasteiger partial charge on any atom is -0.480 e. The highest BCUT2D eigenvalue weighted by Crippen LogP contribution is 2.14. The summed E-state index contributed by atoms with van der Waals surface area (Å²) in [5, 5.41) is 8.65. The Hall–Kier alpha value is -1.64. The van der Waals surface area contributed by atoms with Crippen molar-refractivity contribution in [3.63, 3.8) is 0 Å². The molecule has 0 heterocycles. The first-order valence-corrected chi connectivity index (χ1v) is 3.75. The summed E-state index contributed by atoms with van der Waals surface area (Å²) in [5.41, 5.74) is 1.27. The second-order valence-electron chi connectivity index (χ2n) is 2.69. The largest absolute Gasteiger partial charge is 0.480 e. The molecule has 0 spiro atoms.